The maximum atomic E-state index is 13.4. The molecule has 0 atom stereocenters. The molecule has 0 bridgehead atoms. The van der Waals surface area contributed by atoms with Gasteiger partial charge in [0.15, 0.2) is 5.82 Å². The predicted molar refractivity (Wildman–Crippen MR) is 148 cm³/mol. The predicted octanol–water partition coefficient (Wildman–Crippen LogP) is 6.17. The third-order valence-corrected chi connectivity index (χ3v) is 6.79. The number of benzene rings is 2. The number of amides is 2. The first kappa shape index (κ1) is 23.5. The number of aryl methyl sites for hydroxylation is 1. The molecule has 3 aromatic heterocycles. The van der Waals surface area contributed by atoms with Crippen LogP contribution in [0.4, 0.5) is 10.5 Å². The molecule has 5 aromatic rings. The number of nitrogens with zero attached hydrogens (tertiary/aromatic N) is 5. The number of hydrogen-bond donors (Lipinski definition) is 1. The van der Waals surface area contributed by atoms with Crippen molar-refractivity contribution in [2.24, 2.45) is 0 Å². The van der Waals surface area contributed by atoms with Gasteiger partial charge < -0.3 is 10.2 Å². The minimum Gasteiger partial charge on any atom is -0.320 e. The first-order valence-electron chi connectivity index (χ1n) is 12.6. The summed E-state index contributed by atoms with van der Waals surface area (Å²) in [7, 11) is 0. The Morgan fingerprint density at radius 2 is 1.68 bits per heavy atom. The molecule has 7 nitrogen and oxygen atoms in total. The van der Waals surface area contributed by atoms with E-state index in [0.29, 0.717) is 25.3 Å². The second-order valence-corrected chi connectivity index (χ2v) is 9.30. The lowest BCUT2D eigenvalue weighted by molar-refractivity contribution is 0.206. The zero-order chi connectivity index (χ0) is 25.9. The largest absolute Gasteiger partial charge is 0.322 e. The van der Waals surface area contributed by atoms with E-state index >= 15 is 0 Å². The van der Waals surface area contributed by atoms with Crippen LogP contribution in [0.3, 0.4) is 0 Å². The van der Waals surface area contributed by atoms with Crippen LogP contribution in [-0.2, 0) is 13.0 Å². The number of carbonyl (C=O) groups is 1. The number of carbonyl (C=O) groups excluding carboxylic acids is 1. The summed E-state index contributed by atoms with van der Waals surface area (Å²) < 4.78 is 0. The van der Waals surface area contributed by atoms with Crippen LogP contribution in [0.5, 0.6) is 0 Å². The average molecular weight is 499 g/mol. The van der Waals surface area contributed by atoms with Crippen molar-refractivity contribution in [3.05, 3.63) is 114 Å². The van der Waals surface area contributed by atoms with Gasteiger partial charge in [-0.3, -0.25) is 9.97 Å². The second kappa shape index (κ2) is 10.2. The lowest BCUT2D eigenvalue weighted by atomic mass is 9.96. The number of urea groups is 1. The molecule has 7 heteroatoms. The van der Waals surface area contributed by atoms with E-state index in [-0.39, 0.29) is 6.03 Å². The average Bonchev–Trinajstić information content (AvgIpc) is 2.98. The number of pyridine rings is 2. The highest BCUT2D eigenvalue weighted by Crippen LogP contribution is 2.32. The van der Waals surface area contributed by atoms with E-state index in [1.807, 2.05) is 65.6 Å². The Labute approximate surface area is 221 Å². The lowest BCUT2D eigenvalue weighted by Crippen LogP contribution is -2.39. The highest BCUT2D eigenvalue weighted by Gasteiger charge is 2.27. The Bertz CT molecular complexity index is 1600. The summed E-state index contributed by atoms with van der Waals surface area (Å²) in [5, 5.41) is 3.08. The van der Waals surface area contributed by atoms with Gasteiger partial charge in [-0.05, 0) is 60.0 Å². The molecule has 0 fully saturated rings. The van der Waals surface area contributed by atoms with Crippen molar-refractivity contribution in [2.45, 2.75) is 19.9 Å². The fourth-order valence-electron chi connectivity index (χ4n) is 4.80. The van der Waals surface area contributed by atoms with Gasteiger partial charge in [-0.15, -0.1) is 0 Å². The maximum Gasteiger partial charge on any atom is 0.322 e. The first-order valence-corrected chi connectivity index (χ1v) is 12.6. The van der Waals surface area contributed by atoms with Crippen LogP contribution in [0.2, 0.25) is 0 Å². The van der Waals surface area contributed by atoms with E-state index in [1.54, 1.807) is 24.8 Å². The molecule has 0 spiro atoms. The Balaban J connectivity index is 1.31. The third kappa shape index (κ3) is 4.74. The standard InChI is InChI=1S/C31H26N6O/c1-21-6-2-3-10-26(21)29-27-20-37(17-13-28(27)35-30(36-29)24-8-5-14-33-19-24)31(38)34-25-9-4-7-23(18-25)22-11-15-32-16-12-22/h2-12,14-16,18-19H,13,17,20H2,1H3,(H,34,38). The normalized spacial score (nSPS) is 12.6. The molecular formula is C31H26N6O. The highest BCUT2D eigenvalue weighted by molar-refractivity contribution is 5.90. The van der Waals surface area contributed by atoms with E-state index < -0.39 is 0 Å². The van der Waals surface area contributed by atoms with E-state index in [0.717, 1.165) is 50.5 Å². The minimum atomic E-state index is -0.144. The zero-order valence-electron chi connectivity index (χ0n) is 21.0. The number of hydrogen-bond acceptors (Lipinski definition) is 5. The van der Waals surface area contributed by atoms with Gasteiger partial charge in [-0.25, -0.2) is 14.8 Å². The van der Waals surface area contributed by atoms with Gasteiger partial charge in [-0.1, -0.05) is 36.4 Å². The topological polar surface area (TPSA) is 83.9 Å². The summed E-state index contributed by atoms with van der Waals surface area (Å²) in [4.78, 5) is 33.5. The van der Waals surface area contributed by atoms with Crippen molar-refractivity contribution >= 4 is 11.7 Å². The lowest BCUT2D eigenvalue weighted by Gasteiger charge is -2.30. The number of anilines is 1. The molecule has 1 N–H and O–H groups in total. The third-order valence-electron chi connectivity index (χ3n) is 6.79. The summed E-state index contributed by atoms with van der Waals surface area (Å²) in [5.74, 6) is 0.654. The number of nitrogens with one attached hydrogen (secondary N) is 1. The molecule has 1 aliphatic rings. The van der Waals surface area contributed by atoms with Crippen LogP contribution < -0.4 is 5.32 Å². The number of fused-ring (bicyclic) bond motifs is 1. The van der Waals surface area contributed by atoms with E-state index in [1.165, 1.54) is 0 Å². The SMILES string of the molecule is Cc1ccccc1-c1nc(-c2cccnc2)nc2c1CN(C(=O)Nc1cccc(-c3ccncc3)c1)CC2. The maximum absolute atomic E-state index is 13.4. The number of rotatable bonds is 4. The first-order chi connectivity index (χ1) is 18.7. The van der Waals surface area contributed by atoms with Crippen LogP contribution in [0.1, 0.15) is 16.8 Å². The molecule has 2 aromatic carbocycles. The molecule has 1 aliphatic heterocycles. The van der Waals surface area contributed by atoms with Crippen LogP contribution in [-0.4, -0.2) is 37.4 Å². The van der Waals surface area contributed by atoms with Gasteiger partial charge in [0.2, 0.25) is 0 Å². The molecule has 4 heterocycles. The highest BCUT2D eigenvalue weighted by atomic mass is 16.2. The summed E-state index contributed by atoms with van der Waals surface area (Å²) >= 11 is 0. The van der Waals surface area contributed by atoms with Gasteiger partial charge in [0.1, 0.15) is 0 Å². The van der Waals surface area contributed by atoms with Crippen molar-refractivity contribution in [3.8, 4) is 33.8 Å². The van der Waals surface area contributed by atoms with Gasteiger partial charge in [0, 0.05) is 60.1 Å². The molecule has 0 aliphatic carbocycles. The van der Waals surface area contributed by atoms with Crippen molar-refractivity contribution < 1.29 is 4.79 Å². The number of aromatic nitrogens is 4. The van der Waals surface area contributed by atoms with Crippen molar-refractivity contribution in [2.75, 3.05) is 11.9 Å². The molecular weight excluding hydrogens is 472 g/mol. The van der Waals surface area contributed by atoms with Crippen LogP contribution in [0, 0.1) is 6.92 Å². The van der Waals surface area contributed by atoms with Gasteiger partial charge >= 0.3 is 6.03 Å². The molecule has 38 heavy (non-hydrogen) atoms. The smallest absolute Gasteiger partial charge is 0.320 e. The molecule has 0 saturated carbocycles. The summed E-state index contributed by atoms with van der Waals surface area (Å²) in [6, 6.07) is 23.7. The molecule has 0 saturated heterocycles. The van der Waals surface area contributed by atoms with Crippen LogP contribution >= 0.6 is 0 Å². The summed E-state index contributed by atoms with van der Waals surface area (Å²) in [5.41, 5.74) is 8.68. The molecule has 2 amide bonds. The second-order valence-electron chi connectivity index (χ2n) is 9.30. The Morgan fingerprint density at radius 1 is 0.842 bits per heavy atom. The zero-order valence-corrected chi connectivity index (χ0v) is 21.0. The van der Waals surface area contributed by atoms with E-state index in [9.17, 15) is 4.79 Å². The van der Waals surface area contributed by atoms with Gasteiger partial charge in [-0.2, -0.15) is 0 Å². The Morgan fingerprint density at radius 3 is 2.50 bits per heavy atom. The monoisotopic (exact) mass is 498 g/mol. The van der Waals surface area contributed by atoms with Gasteiger partial charge in [0.25, 0.3) is 0 Å². The molecule has 6 rings (SSSR count). The van der Waals surface area contributed by atoms with Crippen molar-refractivity contribution in [3.63, 3.8) is 0 Å². The molecule has 186 valence electrons. The Hall–Kier alpha value is -4.91. The fourth-order valence-corrected chi connectivity index (χ4v) is 4.80. The minimum absolute atomic E-state index is 0.144. The molecule has 0 unspecified atom stereocenters. The van der Waals surface area contributed by atoms with Gasteiger partial charge in [0.05, 0.1) is 17.9 Å². The quantitative estimate of drug-likeness (QED) is 0.321. The summed E-state index contributed by atoms with van der Waals surface area (Å²) in [6.45, 7) is 3.08. The van der Waals surface area contributed by atoms with Crippen molar-refractivity contribution in [1.82, 2.24) is 24.8 Å². The Kier molecular flexibility index (Phi) is 6.32. The van der Waals surface area contributed by atoms with Crippen LogP contribution in [0.25, 0.3) is 33.8 Å². The van der Waals surface area contributed by atoms with E-state index in [4.69, 9.17) is 9.97 Å². The van der Waals surface area contributed by atoms with Crippen molar-refractivity contribution in [1.29, 1.82) is 0 Å². The summed E-state index contributed by atoms with van der Waals surface area (Å²) in [6.07, 6.45) is 7.70. The van der Waals surface area contributed by atoms with Crippen LogP contribution in [0.15, 0.2) is 97.6 Å². The fraction of sp³-hybridized carbons (Fsp3) is 0.129. The molecule has 0 radical (unpaired) electrons. The van der Waals surface area contributed by atoms with E-state index in [2.05, 4.69) is 34.3 Å².